The Balaban J connectivity index is 0.000000235. The molecule has 0 saturated carbocycles. The molecule has 1 N–H and O–H groups in total. The Bertz CT molecular complexity index is 1130. The number of alkyl halides is 3. The number of carboxylic acids is 1. The van der Waals surface area contributed by atoms with E-state index in [0.717, 1.165) is 56.2 Å². The standard InChI is InChI=1S/C17H10F3NO.C8H15NO2/c18-17(19,20)14-3-1-2-12(9-14)16-7-5-13-8-11(10-22)4-6-15(13)21-16;1-9-5-3-2-4-7(6-9)8(10)11/h1-10H;7H,2-6H2,1H3,(H,10,11). The van der Waals surface area contributed by atoms with Crippen LogP contribution in [0.2, 0.25) is 0 Å². The van der Waals surface area contributed by atoms with Gasteiger partial charge in [0.25, 0.3) is 0 Å². The van der Waals surface area contributed by atoms with Gasteiger partial charge >= 0.3 is 12.1 Å². The molecule has 4 rings (SSSR count). The summed E-state index contributed by atoms with van der Waals surface area (Å²) in [7, 11) is 1.99. The molecule has 0 bridgehead atoms. The minimum atomic E-state index is -4.38. The molecular weight excluding hydrogens is 433 g/mol. The zero-order valence-electron chi connectivity index (χ0n) is 18.2. The van der Waals surface area contributed by atoms with Crippen molar-refractivity contribution in [2.45, 2.75) is 25.4 Å². The van der Waals surface area contributed by atoms with Gasteiger partial charge in [0.2, 0.25) is 0 Å². The zero-order valence-corrected chi connectivity index (χ0v) is 18.2. The first-order valence-corrected chi connectivity index (χ1v) is 10.6. The van der Waals surface area contributed by atoms with Gasteiger partial charge in [-0.05, 0) is 62.8 Å². The smallest absolute Gasteiger partial charge is 0.416 e. The van der Waals surface area contributed by atoms with E-state index in [1.165, 1.54) is 6.07 Å². The van der Waals surface area contributed by atoms with Gasteiger partial charge in [0.1, 0.15) is 6.29 Å². The summed E-state index contributed by atoms with van der Waals surface area (Å²) in [5, 5.41) is 9.52. The Hall–Kier alpha value is -3.26. The van der Waals surface area contributed by atoms with E-state index in [0.29, 0.717) is 22.3 Å². The summed E-state index contributed by atoms with van der Waals surface area (Å²) in [4.78, 5) is 27.8. The molecule has 1 unspecified atom stereocenters. The number of hydrogen-bond donors (Lipinski definition) is 1. The molecule has 0 aliphatic carbocycles. The van der Waals surface area contributed by atoms with Crippen LogP contribution in [-0.2, 0) is 11.0 Å². The van der Waals surface area contributed by atoms with Crippen molar-refractivity contribution in [2.75, 3.05) is 20.1 Å². The van der Waals surface area contributed by atoms with E-state index in [1.54, 1.807) is 36.4 Å². The van der Waals surface area contributed by atoms with E-state index in [2.05, 4.69) is 9.88 Å². The maximum absolute atomic E-state index is 12.8. The molecule has 1 aromatic heterocycles. The molecule has 0 amide bonds. The summed E-state index contributed by atoms with van der Waals surface area (Å²) in [6.07, 6.45) is -0.604. The number of nitrogens with zero attached hydrogens (tertiary/aromatic N) is 2. The monoisotopic (exact) mass is 458 g/mol. The fourth-order valence-electron chi connectivity index (χ4n) is 3.77. The minimum Gasteiger partial charge on any atom is -0.481 e. The molecule has 2 aromatic carbocycles. The number of carboxylic acid groups (broad SMARTS) is 1. The average Bonchev–Trinajstić information content (AvgIpc) is 3.03. The van der Waals surface area contributed by atoms with Crippen molar-refractivity contribution in [3.05, 3.63) is 65.7 Å². The van der Waals surface area contributed by atoms with Crippen LogP contribution in [-0.4, -0.2) is 47.4 Å². The van der Waals surface area contributed by atoms with Crippen molar-refractivity contribution in [1.29, 1.82) is 0 Å². The number of pyridine rings is 1. The zero-order chi connectivity index (χ0) is 24.0. The second-order valence-corrected chi connectivity index (χ2v) is 8.14. The molecule has 3 aromatic rings. The largest absolute Gasteiger partial charge is 0.481 e. The highest BCUT2D eigenvalue weighted by atomic mass is 19.4. The van der Waals surface area contributed by atoms with Gasteiger partial charge in [-0.1, -0.05) is 24.6 Å². The Morgan fingerprint density at radius 1 is 1.12 bits per heavy atom. The van der Waals surface area contributed by atoms with Crippen molar-refractivity contribution in [1.82, 2.24) is 9.88 Å². The van der Waals surface area contributed by atoms with Crippen LogP contribution >= 0.6 is 0 Å². The number of halogens is 3. The van der Waals surface area contributed by atoms with Crippen molar-refractivity contribution in [2.24, 2.45) is 5.92 Å². The first kappa shape index (κ1) is 24.4. The predicted octanol–water partition coefficient (Wildman–Crippen LogP) is 5.54. The van der Waals surface area contributed by atoms with Gasteiger partial charge in [-0.25, -0.2) is 4.98 Å². The molecule has 33 heavy (non-hydrogen) atoms. The number of aromatic nitrogens is 1. The predicted molar refractivity (Wildman–Crippen MR) is 120 cm³/mol. The number of carbonyl (C=O) groups excluding carboxylic acids is 1. The highest BCUT2D eigenvalue weighted by Gasteiger charge is 2.30. The molecule has 1 atom stereocenters. The van der Waals surface area contributed by atoms with Crippen LogP contribution in [0.1, 0.15) is 35.2 Å². The molecule has 1 fully saturated rings. The maximum Gasteiger partial charge on any atom is 0.416 e. The second-order valence-electron chi connectivity index (χ2n) is 8.14. The fraction of sp³-hybridized carbons (Fsp3) is 0.320. The van der Waals surface area contributed by atoms with Gasteiger partial charge in [-0.15, -0.1) is 0 Å². The van der Waals surface area contributed by atoms with Gasteiger partial charge in [0, 0.05) is 23.1 Å². The van der Waals surface area contributed by atoms with Crippen LogP contribution < -0.4 is 0 Å². The molecule has 8 heteroatoms. The molecule has 5 nitrogen and oxygen atoms in total. The lowest BCUT2D eigenvalue weighted by Crippen LogP contribution is -2.28. The van der Waals surface area contributed by atoms with Crippen LogP contribution in [0.15, 0.2) is 54.6 Å². The summed E-state index contributed by atoms with van der Waals surface area (Å²) >= 11 is 0. The van der Waals surface area contributed by atoms with Crippen molar-refractivity contribution in [3.63, 3.8) is 0 Å². The molecule has 1 saturated heterocycles. The topological polar surface area (TPSA) is 70.5 Å². The Labute approximate surface area is 189 Å². The number of hydrogen-bond acceptors (Lipinski definition) is 4. The summed E-state index contributed by atoms with van der Waals surface area (Å²) in [5.74, 6) is -0.777. The SMILES string of the molecule is CN1CCCCC(C(=O)O)C1.O=Cc1ccc2nc(-c3cccc(C(F)(F)F)c3)ccc2c1. The number of aldehydes is 1. The van der Waals surface area contributed by atoms with Gasteiger partial charge in [0.05, 0.1) is 22.7 Å². The Morgan fingerprint density at radius 3 is 2.61 bits per heavy atom. The normalized spacial score (nSPS) is 17.0. The van der Waals surface area contributed by atoms with E-state index in [9.17, 15) is 22.8 Å². The number of aliphatic carboxylic acids is 1. The third-order valence-electron chi connectivity index (χ3n) is 5.56. The highest BCUT2D eigenvalue weighted by molar-refractivity contribution is 5.88. The summed E-state index contributed by atoms with van der Waals surface area (Å²) < 4.78 is 38.3. The summed E-state index contributed by atoms with van der Waals surface area (Å²) in [5.41, 5.74) is 1.30. The third-order valence-corrected chi connectivity index (χ3v) is 5.56. The third kappa shape index (κ3) is 6.61. The summed E-state index contributed by atoms with van der Waals surface area (Å²) in [6, 6.07) is 13.4. The Kier molecular flexibility index (Phi) is 7.81. The second kappa shape index (κ2) is 10.6. The van der Waals surface area contributed by atoms with E-state index in [1.807, 2.05) is 7.05 Å². The lowest BCUT2D eigenvalue weighted by Gasteiger charge is -2.15. The van der Waals surface area contributed by atoms with Crippen LogP contribution in [0.4, 0.5) is 13.2 Å². The van der Waals surface area contributed by atoms with Crippen molar-refractivity contribution in [3.8, 4) is 11.3 Å². The number of likely N-dealkylation sites (tertiary alicyclic amines) is 1. The molecule has 0 radical (unpaired) electrons. The molecule has 2 heterocycles. The van der Waals surface area contributed by atoms with E-state index < -0.39 is 17.7 Å². The molecule has 174 valence electrons. The number of benzene rings is 2. The van der Waals surface area contributed by atoms with Gasteiger partial charge in [-0.3, -0.25) is 9.59 Å². The molecule has 1 aliphatic rings. The first-order valence-electron chi connectivity index (χ1n) is 10.6. The number of rotatable bonds is 3. The lowest BCUT2D eigenvalue weighted by atomic mass is 10.0. The lowest BCUT2D eigenvalue weighted by molar-refractivity contribution is -0.142. The Morgan fingerprint density at radius 2 is 1.91 bits per heavy atom. The average molecular weight is 458 g/mol. The first-order chi connectivity index (χ1) is 15.7. The van der Waals surface area contributed by atoms with Crippen LogP contribution in [0.25, 0.3) is 22.2 Å². The van der Waals surface area contributed by atoms with E-state index in [-0.39, 0.29) is 5.92 Å². The molecule has 1 aliphatic heterocycles. The molecule has 0 spiro atoms. The highest BCUT2D eigenvalue weighted by Crippen LogP contribution is 2.32. The fourth-order valence-corrected chi connectivity index (χ4v) is 3.77. The van der Waals surface area contributed by atoms with Crippen LogP contribution in [0, 0.1) is 5.92 Å². The van der Waals surface area contributed by atoms with Gasteiger partial charge in [-0.2, -0.15) is 13.2 Å². The van der Waals surface area contributed by atoms with Gasteiger partial charge in [0.15, 0.2) is 0 Å². The minimum absolute atomic E-state index is 0.137. The summed E-state index contributed by atoms with van der Waals surface area (Å²) in [6.45, 7) is 1.76. The van der Waals surface area contributed by atoms with Crippen molar-refractivity contribution >= 4 is 23.2 Å². The van der Waals surface area contributed by atoms with E-state index in [4.69, 9.17) is 5.11 Å². The van der Waals surface area contributed by atoms with Crippen molar-refractivity contribution < 1.29 is 27.9 Å². The quantitative estimate of drug-likeness (QED) is 0.522. The molecular formula is C25H25F3N2O3. The van der Waals surface area contributed by atoms with Gasteiger partial charge < -0.3 is 10.0 Å². The van der Waals surface area contributed by atoms with E-state index >= 15 is 0 Å². The number of fused-ring (bicyclic) bond motifs is 1. The van der Waals surface area contributed by atoms with Crippen LogP contribution in [0.3, 0.4) is 0 Å². The van der Waals surface area contributed by atoms with Crippen LogP contribution in [0.5, 0.6) is 0 Å². The maximum atomic E-state index is 12.8. The number of carbonyl (C=O) groups is 2.